The number of hydrogen-bond donors (Lipinski definition) is 0. The van der Waals surface area contributed by atoms with Gasteiger partial charge < -0.3 is 9.80 Å². The molecule has 1 saturated heterocycles. The van der Waals surface area contributed by atoms with E-state index in [0.29, 0.717) is 43.9 Å². The van der Waals surface area contributed by atoms with Crippen LogP contribution in [0.4, 0.5) is 5.69 Å². The number of amides is 1. The van der Waals surface area contributed by atoms with Gasteiger partial charge in [0.1, 0.15) is 4.90 Å². The zero-order valence-corrected chi connectivity index (χ0v) is 18.4. The van der Waals surface area contributed by atoms with Crippen LogP contribution in [0.2, 0.25) is 0 Å². The number of fused-ring (bicyclic) bond motifs is 1. The molecule has 0 bridgehead atoms. The van der Waals surface area contributed by atoms with Crippen LogP contribution in [-0.2, 0) is 14.8 Å². The summed E-state index contributed by atoms with van der Waals surface area (Å²) in [4.78, 5) is 17.5. The van der Waals surface area contributed by atoms with E-state index in [-0.39, 0.29) is 16.7 Å². The van der Waals surface area contributed by atoms with E-state index in [9.17, 15) is 13.2 Å². The smallest absolute Gasteiger partial charge is 0.285 e. The zero-order valence-electron chi connectivity index (χ0n) is 17.6. The molecule has 30 heavy (non-hydrogen) atoms. The van der Waals surface area contributed by atoms with Crippen molar-refractivity contribution in [1.29, 1.82) is 0 Å². The van der Waals surface area contributed by atoms with Crippen LogP contribution in [0.25, 0.3) is 0 Å². The molecule has 0 N–H and O–H groups in total. The summed E-state index contributed by atoms with van der Waals surface area (Å²) in [5.74, 6) is 0.584. The predicted molar refractivity (Wildman–Crippen MR) is 118 cm³/mol. The number of piperidine rings is 1. The van der Waals surface area contributed by atoms with Gasteiger partial charge in [-0.2, -0.15) is 8.42 Å². The van der Waals surface area contributed by atoms with Gasteiger partial charge in [-0.15, -0.1) is 4.40 Å². The molecule has 2 aliphatic heterocycles. The Balaban J connectivity index is 1.50. The number of carbonyl (C=O) groups is 1. The number of hydrogen-bond acceptors (Lipinski definition) is 4. The third-order valence-corrected chi connectivity index (χ3v) is 7.32. The van der Waals surface area contributed by atoms with Gasteiger partial charge in [0, 0.05) is 36.8 Å². The molecular weight excluding hydrogens is 398 g/mol. The highest BCUT2D eigenvalue weighted by molar-refractivity contribution is 7.90. The van der Waals surface area contributed by atoms with Crippen molar-refractivity contribution in [1.82, 2.24) is 4.90 Å². The van der Waals surface area contributed by atoms with Crippen molar-refractivity contribution in [2.45, 2.75) is 38.5 Å². The van der Waals surface area contributed by atoms with Gasteiger partial charge in [0.15, 0.2) is 5.84 Å². The molecule has 1 fully saturated rings. The Bertz CT molecular complexity index is 1120. The second kappa shape index (κ2) is 7.87. The normalized spacial score (nSPS) is 18.1. The summed E-state index contributed by atoms with van der Waals surface area (Å²) in [6.45, 7) is 7.93. The van der Waals surface area contributed by atoms with Crippen LogP contribution in [0.5, 0.6) is 0 Å². The average molecular weight is 426 g/mol. The molecule has 6 nitrogen and oxygen atoms in total. The van der Waals surface area contributed by atoms with Gasteiger partial charge in [-0.1, -0.05) is 24.3 Å². The lowest BCUT2D eigenvalue weighted by atomic mass is 9.94. The summed E-state index contributed by atoms with van der Waals surface area (Å²) in [5.41, 5.74) is 3.86. The first-order valence-corrected chi connectivity index (χ1v) is 11.8. The summed E-state index contributed by atoms with van der Waals surface area (Å²) >= 11 is 0. The fraction of sp³-hybridized carbons (Fsp3) is 0.391. The van der Waals surface area contributed by atoms with E-state index in [1.165, 1.54) is 0 Å². The number of anilines is 1. The van der Waals surface area contributed by atoms with Gasteiger partial charge in [-0.3, -0.25) is 4.79 Å². The SMILES string of the molecule is CCN(C(=O)C1CCN(C2=NS(=O)(=O)c3ccccc32)CC1)c1cc(C)ccc1C. The van der Waals surface area contributed by atoms with Crippen LogP contribution in [-0.4, -0.2) is 44.7 Å². The lowest BCUT2D eigenvalue weighted by Gasteiger charge is -2.35. The quantitative estimate of drug-likeness (QED) is 0.755. The van der Waals surface area contributed by atoms with Gasteiger partial charge >= 0.3 is 0 Å². The number of benzene rings is 2. The number of aryl methyl sites for hydroxylation is 2. The van der Waals surface area contributed by atoms with E-state index in [0.717, 1.165) is 16.8 Å². The topological polar surface area (TPSA) is 70.1 Å². The third kappa shape index (κ3) is 3.62. The van der Waals surface area contributed by atoms with Gasteiger partial charge in [0.25, 0.3) is 10.0 Å². The number of amidine groups is 1. The van der Waals surface area contributed by atoms with E-state index < -0.39 is 10.0 Å². The molecule has 158 valence electrons. The molecule has 0 radical (unpaired) electrons. The molecule has 0 aliphatic carbocycles. The van der Waals surface area contributed by atoms with Crippen LogP contribution in [0, 0.1) is 19.8 Å². The maximum Gasteiger partial charge on any atom is 0.285 e. The Morgan fingerprint density at radius 3 is 2.53 bits per heavy atom. The lowest BCUT2D eigenvalue weighted by molar-refractivity contribution is -0.123. The van der Waals surface area contributed by atoms with Crippen LogP contribution in [0.15, 0.2) is 51.8 Å². The predicted octanol–water partition coefficient (Wildman–Crippen LogP) is 3.52. The Kier molecular flexibility index (Phi) is 5.40. The molecule has 2 heterocycles. The van der Waals surface area contributed by atoms with Gasteiger partial charge in [-0.25, -0.2) is 0 Å². The van der Waals surface area contributed by atoms with E-state index in [4.69, 9.17) is 0 Å². The summed E-state index contributed by atoms with van der Waals surface area (Å²) in [6, 6.07) is 13.1. The summed E-state index contributed by atoms with van der Waals surface area (Å²) in [6.07, 6.45) is 1.36. The molecular formula is C23H27N3O3S. The Morgan fingerprint density at radius 1 is 1.13 bits per heavy atom. The number of carbonyl (C=O) groups excluding carboxylic acids is 1. The van der Waals surface area contributed by atoms with E-state index in [1.54, 1.807) is 18.2 Å². The molecule has 7 heteroatoms. The molecule has 4 rings (SSSR count). The van der Waals surface area contributed by atoms with Crippen molar-refractivity contribution in [2.24, 2.45) is 10.3 Å². The molecule has 1 amide bonds. The number of sulfonamides is 1. The third-order valence-electron chi connectivity index (χ3n) is 5.99. The summed E-state index contributed by atoms with van der Waals surface area (Å²) < 4.78 is 28.7. The highest BCUT2D eigenvalue weighted by Crippen LogP contribution is 2.31. The lowest BCUT2D eigenvalue weighted by Crippen LogP contribution is -2.44. The van der Waals surface area contributed by atoms with Crippen LogP contribution >= 0.6 is 0 Å². The molecule has 0 saturated carbocycles. The standard InChI is InChI=1S/C23H27N3O3S/c1-4-26(20-15-16(2)9-10-17(20)3)23(27)18-11-13-25(14-12-18)22-19-7-5-6-8-21(19)30(28,29)24-22/h5-10,15,18H,4,11-14H2,1-3H3. The molecule has 0 spiro atoms. The number of likely N-dealkylation sites (tertiary alicyclic amines) is 1. The van der Waals surface area contributed by atoms with Crippen molar-refractivity contribution in [3.05, 3.63) is 59.2 Å². The number of nitrogens with zero attached hydrogens (tertiary/aromatic N) is 3. The van der Waals surface area contributed by atoms with Crippen molar-refractivity contribution in [3.63, 3.8) is 0 Å². The van der Waals surface area contributed by atoms with Crippen molar-refractivity contribution in [3.8, 4) is 0 Å². The van der Waals surface area contributed by atoms with Crippen LogP contribution < -0.4 is 4.90 Å². The van der Waals surface area contributed by atoms with Crippen molar-refractivity contribution >= 4 is 27.5 Å². The first-order valence-electron chi connectivity index (χ1n) is 10.4. The molecule has 0 unspecified atom stereocenters. The van der Waals surface area contributed by atoms with E-state index in [2.05, 4.69) is 22.6 Å². The molecule has 0 aromatic heterocycles. The first-order chi connectivity index (χ1) is 14.3. The molecule has 2 aromatic rings. The van der Waals surface area contributed by atoms with Crippen LogP contribution in [0.3, 0.4) is 0 Å². The largest absolute Gasteiger partial charge is 0.355 e. The fourth-order valence-corrected chi connectivity index (χ4v) is 5.56. The average Bonchev–Trinajstić information content (AvgIpc) is 3.02. The highest BCUT2D eigenvalue weighted by Gasteiger charge is 2.35. The number of rotatable bonds is 3. The van der Waals surface area contributed by atoms with Crippen molar-refractivity contribution < 1.29 is 13.2 Å². The minimum Gasteiger partial charge on any atom is -0.355 e. The maximum atomic E-state index is 13.3. The summed E-state index contributed by atoms with van der Waals surface area (Å²) in [5, 5.41) is 0. The first kappa shape index (κ1) is 20.6. The molecule has 2 aromatic carbocycles. The second-order valence-corrected chi connectivity index (χ2v) is 9.59. The molecule has 0 atom stereocenters. The van der Waals surface area contributed by atoms with E-state index in [1.807, 2.05) is 36.6 Å². The van der Waals surface area contributed by atoms with Crippen LogP contribution in [0.1, 0.15) is 36.5 Å². The summed E-state index contributed by atoms with van der Waals surface area (Å²) in [7, 11) is -3.63. The van der Waals surface area contributed by atoms with Gasteiger partial charge in [0.05, 0.1) is 0 Å². The Labute approximate surface area is 178 Å². The fourth-order valence-electron chi connectivity index (χ4n) is 4.33. The highest BCUT2D eigenvalue weighted by atomic mass is 32.2. The molecule has 2 aliphatic rings. The van der Waals surface area contributed by atoms with E-state index >= 15 is 0 Å². The minimum atomic E-state index is -3.63. The Hall–Kier alpha value is -2.67. The monoisotopic (exact) mass is 425 g/mol. The second-order valence-electron chi connectivity index (χ2n) is 8.02. The Morgan fingerprint density at radius 2 is 1.83 bits per heavy atom. The maximum absolute atomic E-state index is 13.3. The van der Waals surface area contributed by atoms with Gasteiger partial charge in [-0.05, 0) is 62.9 Å². The van der Waals surface area contributed by atoms with Gasteiger partial charge in [0.2, 0.25) is 5.91 Å². The zero-order chi connectivity index (χ0) is 21.5. The minimum absolute atomic E-state index is 0.0741. The van der Waals surface area contributed by atoms with Crippen molar-refractivity contribution in [2.75, 3.05) is 24.5 Å².